The van der Waals surface area contributed by atoms with Gasteiger partial charge in [0.15, 0.2) is 0 Å². The molecule has 1 saturated heterocycles. The van der Waals surface area contributed by atoms with Gasteiger partial charge in [-0.15, -0.1) is 0 Å². The summed E-state index contributed by atoms with van der Waals surface area (Å²) in [4.78, 5) is 16.7. The molecule has 8 nitrogen and oxygen atoms in total. The second kappa shape index (κ2) is 8.99. The SMILES string of the molecule is CC1CCN(S(=O)(=O)c2ccc(-c3noc(CNC(=O)c4ccccc4)n3)cc2)CC1. The van der Waals surface area contributed by atoms with E-state index in [1.54, 1.807) is 52.8 Å². The van der Waals surface area contributed by atoms with Crippen molar-refractivity contribution in [2.75, 3.05) is 13.1 Å². The third-order valence-electron chi connectivity index (χ3n) is 5.40. The van der Waals surface area contributed by atoms with Crippen molar-refractivity contribution >= 4 is 15.9 Å². The van der Waals surface area contributed by atoms with E-state index in [1.165, 1.54) is 0 Å². The smallest absolute Gasteiger partial charge is 0.251 e. The lowest BCUT2D eigenvalue weighted by Gasteiger charge is -2.29. The Hall–Kier alpha value is -3.04. The molecule has 3 aromatic rings. The van der Waals surface area contributed by atoms with Crippen LogP contribution in [-0.2, 0) is 16.6 Å². The zero-order valence-electron chi connectivity index (χ0n) is 17.2. The molecule has 0 unspecified atom stereocenters. The van der Waals surface area contributed by atoms with Crippen LogP contribution in [0.2, 0.25) is 0 Å². The first-order valence-corrected chi connectivity index (χ1v) is 11.6. The number of carbonyl (C=O) groups is 1. The summed E-state index contributed by atoms with van der Waals surface area (Å²) in [7, 11) is -3.50. The Morgan fingerprint density at radius 2 is 1.77 bits per heavy atom. The number of rotatable bonds is 6. The summed E-state index contributed by atoms with van der Waals surface area (Å²) >= 11 is 0. The first-order valence-electron chi connectivity index (χ1n) is 10.2. The molecule has 0 radical (unpaired) electrons. The van der Waals surface area contributed by atoms with Gasteiger partial charge in [-0.3, -0.25) is 4.79 Å². The number of nitrogens with one attached hydrogen (secondary N) is 1. The van der Waals surface area contributed by atoms with Crippen molar-refractivity contribution in [2.24, 2.45) is 5.92 Å². The summed E-state index contributed by atoms with van der Waals surface area (Å²) in [5, 5.41) is 6.66. The summed E-state index contributed by atoms with van der Waals surface area (Å²) in [6.45, 7) is 3.34. The fourth-order valence-electron chi connectivity index (χ4n) is 3.44. The molecule has 1 amide bonds. The number of hydrogen-bond acceptors (Lipinski definition) is 6. The van der Waals surface area contributed by atoms with Gasteiger partial charge in [0.2, 0.25) is 21.7 Å². The Balaban J connectivity index is 1.40. The van der Waals surface area contributed by atoms with Crippen LogP contribution in [0.3, 0.4) is 0 Å². The first-order chi connectivity index (χ1) is 14.9. The van der Waals surface area contributed by atoms with Gasteiger partial charge in [0.1, 0.15) is 0 Å². The van der Waals surface area contributed by atoms with Gasteiger partial charge in [-0.1, -0.05) is 30.3 Å². The molecular formula is C22H24N4O4S. The van der Waals surface area contributed by atoms with Gasteiger partial charge in [-0.2, -0.15) is 9.29 Å². The number of piperidine rings is 1. The van der Waals surface area contributed by atoms with Crippen molar-refractivity contribution in [1.29, 1.82) is 0 Å². The van der Waals surface area contributed by atoms with Gasteiger partial charge in [-0.25, -0.2) is 8.42 Å². The Morgan fingerprint density at radius 3 is 2.45 bits per heavy atom. The van der Waals surface area contributed by atoms with E-state index in [9.17, 15) is 13.2 Å². The second-order valence-corrected chi connectivity index (χ2v) is 9.61. The van der Waals surface area contributed by atoms with Crippen LogP contribution in [0.25, 0.3) is 11.4 Å². The van der Waals surface area contributed by atoms with E-state index in [4.69, 9.17) is 4.52 Å². The Bertz CT molecular complexity index is 1140. The van der Waals surface area contributed by atoms with Crippen LogP contribution < -0.4 is 5.32 Å². The molecule has 0 aliphatic carbocycles. The average Bonchev–Trinajstić information content (AvgIpc) is 3.27. The molecular weight excluding hydrogens is 416 g/mol. The zero-order valence-corrected chi connectivity index (χ0v) is 18.0. The maximum atomic E-state index is 12.8. The molecule has 0 spiro atoms. The number of aromatic nitrogens is 2. The van der Waals surface area contributed by atoms with E-state index in [2.05, 4.69) is 22.4 Å². The van der Waals surface area contributed by atoms with Crippen LogP contribution in [0.15, 0.2) is 64.0 Å². The van der Waals surface area contributed by atoms with E-state index in [0.29, 0.717) is 36.0 Å². The highest BCUT2D eigenvalue weighted by Gasteiger charge is 2.28. The molecule has 1 aliphatic heterocycles. The van der Waals surface area contributed by atoms with Crippen molar-refractivity contribution in [1.82, 2.24) is 19.8 Å². The molecule has 0 atom stereocenters. The molecule has 31 heavy (non-hydrogen) atoms. The molecule has 0 saturated carbocycles. The van der Waals surface area contributed by atoms with Crippen LogP contribution in [0.1, 0.15) is 36.0 Å². The minimum atomic E-state index is -3.50. The third-order valence-corrected chi connectivity index (χ3v) is 7.31. The van der Waals surface area contributed by atoms with Gasteiger partial charge in [0.25, 0.3) is 5.91 Å². The lowest BCUT2D eigenvalue weighted by Crippen LogP contribution is -2.37. The predicted molar refractivity (Wildman–Crippen MR) is 115 cm³/mol. The lowest BCUT2D eigenvalue weighted by molar-refractivity contribution is 0.0946. The van der Waals surface area contributed by atoms with Crippen molar-refractivity contribution in [3.63, 3.8) is 0 Å². The van der Waals surface area contributed by atoms with Crippen LogP contribution in [0, 0.1) is 5.92 Å². The molecule has 2 heterocycles. The molecule has 0 bridgehead atoms. The van der Waals surface area contributed by atoms with Crippen molar-refractivity contribution < 1.29 is 17.7 Å². The lowest BCUT2D eigenvalue weighted by atomic mass is 10.0. The largest absolute Gasteiger partial charge is 0.343 e. The standard InChI is InChI=1S/C22H24N4O4S/c1-16-11-13-26(14-12-16)31(28,29)19-9-7-17(8-10-19)21-24-20(30-25-21)15-23-22(27)18-5-3-2-4-6-18/h2-10,16H,11-15H2,1H3,(H,23,27). The van der Waals surface area contributed by atoms with E-state index < -0.39 is 10.0 Å². The molecule has 1 aliphatic rings. The first kappa shape index (κ1) is 21.2. The summed E-state index contributed by atoms with van der Waals surface area (Å²) < 4.78 is 32.4. The number of nitrogens with zero attached hydrogens (tertiary/aromatic N) is 3. The Morgan fingerprint density at radius 1 is 1.10 bits per heavy atom. The van der Waals surface area contributed by atoms with E-state index in [0.717, 1.165) is 12.8 Å². The van der Waals surface area contributed by atoms with Crippen LogP contribution in [0.5, 0.6) is 0 Å². The molecule has 1 fully saturated rings. The van der Waals surface area contributed by atoms with E-state index in [1.807, 2.05) is 6.07 Å². The van der Waals surface area contributed by atoms with Gasteiger partial charge < -0.3 is 9.84 Å². The minimum absolute atomic E-state index is 0.0978. The Labute approximate surface area is 181 Å². The predicted octanol–water partition coefficient (Wildman–Crippen LogP) is 3.09. The average molecular weight is 441 g/mol. The quantitative estimate of drug-likeness (QED) is 0.631. The topological polar surface area (TPSA) is 105 Å². The molecule has 2 aromatic carbocycles. The third kappa shape index (κ3) is 4.83. The fraction of sp³-hybridized carbons (Fsp3) is 0.318. The minimum Gasteiger partial charge on any atom is -0.343 e. The van der Waals surface area contributed by atoms with Crippen LogP contribution in [-0.4, -0.2) is 41.9 Å². The van der Waals surface area contributed by atoms with Gasteiger partial charge in [0, 0.05) is 24.2 Å². The molecule has 1 aromatic heterocycles. The molecule has 9 heteroatoms. The van der Waals surface area contributed by atoms with E-state index in [-0.39, 0.29) is 23.2 Å². The summed E-state index contributed by atoms with van der Waals surface area (Å²) in [5.41, 5.74) is 1.18. The number of amides is 1. The monoisotopic (exact) mass is 440 g/mol. The zero-order chi connectivity index (χ0) is 21.8. The second-order valence-electron chi connectivity index (χ2n) is 7.67. The van der Waals surface area contributed by atoms with Gasteiger partial charge in [-0.05, 0) is 55.2 Å². The number of benzene rings is 2. The normalized spacial score (nSPS) is 15.6. The van der Waals surface area contributed by atoms with Crippen LogP contribution in [0.4, 0.5) is 0 Å². The maximum Gasteiger partial charge on any atom is 0.251 e. The van der Waals surface area contributed by atoms with Crippen LogP contribution >= 0.6 is 0 Å². The van der Waals surface area contributed by atoms with Crippen molar-refractivity contribution in [3.05, 3.63) is 66.1 Å². The summed E-state index contributed by atoms with van der Waals surface area (Å²) in [6.07, 6.45) is 1.76. The molecule has 4 rings (SSSR count). The van der Waals surface area contributed by atoms with Crippen molar-refractivity contribution in [2.45, 2.75) is 31.2 Å². The van der Waals surface area contributed by atoms with Gasteiger partial charge in [0.05, 0.1) is 11.4 Å². The molecule has 162 valence electrons. The van der Waals surface area contributed by atoms with E-state index >= 15 is 0 Å². The van der Waals surface area contributed by atoms with Crippen molar-refractivity contribution in [3.8, 4) is 11.4 Å². The summed E-state index contributed by atoms with van der Waals surface area (Å²) in [6, 6.07) is 15.3. The fourth-order valence-corrected chi connectivity index (χ4v) is 4.91. The highest BCUT2D eigenvalue weighted by atomic mass is 32.2. The highest BCUT2D eigenvalue weighted by Crippen LogP contribution is 2.25. The molecule has 1 N–H and O–H groups in total. The maximum absolute atomic E-state index is 12.8. The number of carbonyl (C=O) groups excluding carboxylic acids is 1. The number of sulfonamides is 1. The Kier molecular flexibility index (Phi) is 6.15. The summed E-state index contributed by atoms with van der Waals surface area (Å²) in [5.74, 6) is 0.916. The number of hydrogen-bond donors (Lipinski definition) is 1. The highest BCUT2D eigenvalue weighted by molar-refractivity contribution is 7.89. The van der Waals surface area contributed by atoms with Gasteiger partial charge >= 0.3 is 0 Å².